The standard InChI is InChI=1S/C11H22N2/c1-3-5-9-13(4-2)10-11-7-6-8-12-11/h3,11-12H,1,4-10H2,2H3. The van der Waals surface area contributed by atoms with Gasteiger partial charge in [-0.15, -0.1) is 6.58 Å². The molecule has 2 nitrogen and oxygen atoms in total. The maximum atomic E-state index is 3.76. The van der Waals surface area contributed by atoms with Crippen molar-refractivity contribution in [2.24, 2.45) is 0 Å². The van der Waals surface area contributed by atoms with E-state index in [2.05, 4.69) is 23.7 Å². The van der Waals surface area contributed by atoms with E-state index in [1.54, 1.807) is 0 Å². The van der Waals surface area contributed by atoms with Crippen molar-refractivity contribution in [3.05, 3.63) is 12.7 Å². The van der Waals surface area contributed by atoms with E-state index in [1.165, 1.54) is 25.9 Å². The van der Waals surface area contributed by atoms with Crippen LogP contribution < -0.4 is 5.32 Å². The third kappa shape index (κ3) is 3.92. The van der Waals surface area contributed by atoms with Crippen LogP contribution in [-0.4, -0.2) is 37.1 Å². The Labute approximate surface area is 82.0 Å². The van der Waals surface area contributed by atoms with Crippen LogP contribution in [0.25, 0.3) is 0 Å². The Morgan fingerprint density at radius 1 is 1.62 bits per heavy atom. The van der Waals surface area contributed by atoms with E-state index in [0.29, 0.717) is 0 Å². The van der Waals surface area contributed by atoms with Gasteiger partial charge < -0.3 is 10.2 Å². The molecule has 1 saturated heterocycles. The van der Waals surface area contributed by atoms with Gasteiger partial charge in [-0.3, -0.25) is 0 Å². The van der Waals surface area contributed by atoms with Gasteiger partial charge in [0.25, 0.3) is 0 Å². The molecule has 0 aromatic heterocycles. The van der Waals surface area contributed by atoms with Crippen LogP contribution >= 0.6 is 0 Å². The molecule has 0 bridgehead atoms. The van der Waals surface area contributed by atoms with E-state index < -0.39 is 0 Å². The molecule has 13 heavy (non-hydrogen) atoms. The summed E-state index contributed by atoms with van der Waals surface area (Å²) in [4.78, 5) is 2.50. The molecule has 1 N–H and O–H groups in total. The Balaban J connectivity index is 2.17. The van der Waals surface area contributed by atoms with Gasteiger partial charge in [0.15, 0.2) is 0 Å². The second-order valence-corrected chi connectivity index (χ2v) is 3.76. The molecular formula is C11H22N2. The van der Waals surface area contributed by atoms with Crippen LogP contribution in [0, 0.1) is 0 Å². The molecule has 0 saturated carbocycles. The molecule has 1 atom stereocenters. The normalized spacial score (nSPS) is 22.5. The van der Waals surface area contributed by atoms with E-state index in [1.807, 2.05) is 6.08 Å². The maximum Gasteiger partial charge on any atom is 0.0195 e. The summed E-state index contributed by atoms with van der Waals surface area (Å²) in [5.74, 6) is 0. The maximum absolute atomic E-state index is 3.76. The Kier molecular flexibility index (Phi) is 5.09. The zero-order chi connectivity index (χ0) is 9.52. The van der Waals surface area contributed by atoms with E-state index in [-0.39, 0.29) is 0 Å². The smallest absolute Gasteiger partial charge is 0.0195 e. The monoisotopic (exact) mass is 182 g/mol. The zero-order valence-electron chi connectivity index (χ0n) is 8.76. The molecule has 1 aliphatic rings. The van der Waals surface area contributed by atoms with Gasteiger partial charge in [-0.2, -0.15) is 0 Å². The fourth-order valence-corrected chi connectivity index (χ4v) is 1.88. The van der Waals surface area contributed by atoms with E-state index >= 15 is 0 Å². The molecule has 0 radical (unpaired) electrons. The molecule has 2 heteroatoms. The van der Waals surface area contributed by atoms with E-state index in [9.17, 15) is 0 Å². The lowest BCUT2D eigenvalue weighted by Crippen LogP contribution is -2.37. The molecule has 1 unspecified atom stereocenters. The molecule has 0 spiro atoms. The summed E-state index contributed by atoms with van der Waals surface area (Å²) in [6.45, 7) is 10.7. The van der Waals surface area contributed by atoms with Crippen molar-refractivity contribution >= 4 is 0 Å². The topological polar surface area (TPSA) is 15.3 Å². The molecule has 0 aliphatic carbocycles. The van der Waals surface area contributed by atoms with E-state index in [0.717, 1.165) is 25.6 Å². The van der Waals surface area contributed by atoms with Gasteiger partial charge in [-0.05, 0) is 32.4 Å². The Bertz CT molecular complexity index is 139. The molecule has 0 aromatic rings. The van der Waals surface area contributed by atoms with Gasteiger partial charge in [-0.1, -0.05) is 13.0 Å². The molecular weight excluding hydrogens is 160 g/mol. The minimum Gasteiger partial charge on any atom is -0.313 e. The predicted molar refractivity (Wildman–Crippen MR) is 58.0 cm³/mol. The van der Waals surface area contributed by atoms with Crippen molar-refractivity contribution in [2.45, 2.75) is 32.2 Å². The first-order chi connectivity index (χ1) is 6.36. The SMILES string of the molecule is C=CCCN(CC)CC1CCCN1. The lowest BCUT2D eigenvalue weighted by molar-refractivity contribution is 0.266. The molecule has 76 valence electrons. The molecule has 1 aliphatic heterocycles. The minimum atomic E-state index is 0.741. The minimum absolute atomic E-state index is 0.741. The van der Waals surface area contributed by atoms with Crippen LogP contribution in [0.15, 0.2) is 12.7 Å². The zero-order valence-corrected chi connectivity index (χ0v) is 8.76. The highest BCUT2D eigenvalue weighted by Gasteiger charge is 2.16. The quantitative estimate of drug-likeness (QED) is 0.628. The van der Waals surface area contributed by atoms with Crippen molar-refractivity contribution in [2.75, 3.05) is 26.2 Å². The summed E-state index contributed by atoms with van der Waals surface area (Å²) >= 11 is 0. The second-order valence-electron chi connectivity index (χ2n) is 3.76. The van der Waals surface area contributed by atoms with Crippen molar-refractivity contribution in [1.29, 1.82) is 0 Å². The summed E-state index contributed by atoms with van der Waals surface area (Å²) in [5, 5.41) is 3.53. The van der Waals surface area contributed by atoms with Crippen molar-refractivity contribution in [1.82, 2.24) is 10.2 Å². The summed E-state index contributed by atoms with van der Waals surface area (Å²) in [7, 11) is 0. The number of nitrogens with zero attached hydrogens (tertiary/aromatic N) is 1. The van der Waals surface area contributed by atoms with Crippen LogP contribution in [0.4, 0.5) is 0 Å². The second kappa shape index (κ2) is 6.17. The summed E-state index contributed by atoms with van der Waals surface area (Å²) in [6, 6.07) is 0.741. The van der Waals surface area contributed by atoms with Crippen LogP contribution in [0.3, 0.4) is 0 Å². The Hall–Kier alpha value is -0.340. The molecule has 0 aromatic carbocycles. The van der Waals surface area contributed by atoms with Crippen molar-refractivity contribution in [3.63, 3.8) is 0 Å². The first-order valence-electron chi connectivity index (χ1n) is 5.43. The van der Waals surface area contributed by atoms with Crippen molar-refractivity contribution < 1.29 is 0 Å². The van der Waals surface area contributed by atoms with Crippen LogP contribution in [0.5, 0.6) is 0 Å². The average molecular weight is 182 g/mol. The van der Waals surface area contributed by atoms with Gasteiger partial charge in [0.1, 0.15) is 0 Å². The lowest BCUT2D eigenvalue weighted by atomic mass is 10.2. The average Bonchev–Trinajstić information content (AvgIpc) is 2.64. The van der Waals surface area contributed by atoms with Gasteiger partial charge >= 0.3 is 0 Å². The highest BCUT2D eigenvalue weighted by atomic mass is 15.1. The van der Waals surface area contributed by atoms with Gasteiger partial charge in [-0.25, -0.2) is 0 Å². The summed E-state index contributed by atoms with van der Waals surface area (Å²) in [5.41, 5.74) is 0. The van der Waals surface area contributed by atoms with Gasteiger partial charge in [0.2, 0.25) is 0 Å². The fourth-order valence-electron chi connectivity index (χ4n) is 1.88. The molecule has 1 fully saturated rings. The van der Waals surface area contributed by atoms with Crippen LogP contribution in [0.2, 0.25) is 0 Å². The highest BCUT2D eigenvalue weighted by molar-refractivity contribution is 4.78. The third-order valence-corrected chi connectivity index (χ3v) is 2.74. The number of likely N-dealkylation sites (N-methyl/N-ethyl adjacent to an activating group) is 1. The molecule has 1 heterocycles. The van der Waals surface area contributed by atoms with Crippen LogP contribution in [-0.2, 0) is 0 Å². The number of rotatable bonds is 6. The Morgan fingerprint density at radius 2 is 2.46 bits per heavy atom. The van der Waals surface area contributed by atoms with Crippen molar-refractivity contribution in [3.8, 4) is 0 Å². The largest absolute Gasteiger partial charge is 0.313 e. The lowest BCUT2D eigenvalue weighted by Gasteiger charge is -2.23. The summed E-state index contributed by atoms with van der Waals surface area (Å²) in [6.07, 6.45) is 5.82. The number of hydrogen-bond acceptors (Lipinski definition) is 2. The van der Waals surface area contributed by atoms with E-state index in [4.69, 9.17) is 0 Å². The fraction of sp³-hybridized carbons (Fsp3) is 0.818. The Morgan fingerprint density at radius 3 is 3.00 bits per heavy atom. The number of nitrogens with one attached hydrogen (secondary N) is 1. The highest BCUT2D eigenvalue weighted by Crippen LogP contribution is 2.07. The summed E-state index contributed by atoms with van der Waals surface area (Å²) < 4.78 is 0. The first kappa shape index (κ1) is 10.7. The van der Waals surface area contributed by atoms with Gasteiger partial charge in [0.05, 0.1) is 0 Å². The third-order valence-electron chi connectivity index (χ3n) is 2.74. The first-order valence-corrected chi connectivity index (χ1v) is 5.43. The predicted octanol–water partition coefficient (Wildman–Crippen LogP) is 1.64. The molecule has 0 amide bonds. The van der Waals surface area contributed by atoms with Crippen LogP contribution in [0.1, 0.15) is 26.2 Å². The molecule has 1 rings (SSSR count). The van der Waals surface area contributed by atoms with Gasteiger partial charge in [0, 0.05) is 19.1 Å². The number of hydrogen-bond donors (Lipinski definition) is 1.